The van der Waals surface area contributed by atoms with Gasteiger partial charge < -0.3 is 9.73 Å². The first-order chi connectivity index (χ1) is 9.20. The van der Waals surface area contributed by atoms with Crippen LogP contribution in [-0.2, 0) is 0 Å². The van der Waals surface area contributed by atoms with Crippen molar-refractivity contribution in [1.82, 2.24) is 5.32 Å². The van der Waals surface area contributed by atoms with Gasteiger partial charge in [0, 0.05) is 0 Å². The van der Waals surface area contributed by atoms with Crippen molar-refractivity contribution in [1.29, 1.82) is 0 Å². The van der Waals surface area contributed by atoms with Gasteiger partial charge in [-0.05, 0) is 49.9 Å². The smallest absolute Gasteiger partial charge is 0.172 e. The topological polar surface area (TPSA) is 25.2 Å². The van der Waals surface area contributed by atoms with Crippen LogP contribution in [-0.4, -0.2) is 6.54 Å². The first-order valence-electron chi connectivity index (χ1n) is 6.81. The number of fused-ring (bicyclic) bond motifs is 1. The number of hydrogen-bond acceptors (Lipinski definition) is 2. The Kier molecular flexibility index (Phi) is 3.27. The highest BCUT2D eigenvalue weighted by Gasteiger charge is 2.34. The van der Waals surface area contributed by atoms with Gasteiger partial charge in [0.2, 0.25) is 0 Å². The molecule has 0 radical (unpaired) electrons. The zero-order valence-corrected chi connectivity index (χ0v) is 10.9. The highest BCUT2D eigenvalue weighted by Crippen LogP contribution is 2.42. The zero-order valence-electron chi connectivity index (χ0n) is 10.9. The molecule has 0 amide bonds. The van der Waals surface area contributed by atoms with E-state index >= 15 is 0 Å². The van der Waals surface area contributed by atoms with Crippen LogP contribution in [0.3, 0.4) is 0 Å². The van der Waals surface area contributed by atoms with Crippen LogP contribution in [0.15, 0.2) is 22.6 Å². The lowest BCUT2D eigenvalue weighted by Crippen LogP contribution is -2.23. The number of rotatable bonds is 5. The molecule has 1 unspecified atom stereocenters. The minimum absolute atomic E-state index is 0.0268. The molecule has 1 atom stereocenters. The molecule has 3 rings (SSSR count). The quantitative estimate of drug-likeness (QED) is 0.878. The minimum Gasteiger partial charge on any atom is -0.456 e. The molecule has 2 aromatic rings. The Morgan fingerprint density at radius 1 is 1.32 bits per heavy atom. The molecule has 0 spiro atoms. The van der Waals surface area contributed by atoms with Gasteiger partial charge >= 0.3 is 0 Å². The average Bonchev–Trinajstić information content (AvgIpc) is 3.13. The molecule has 1 aromatic carbocycles. The van der Waals surface area contributed by atoms with Crippen molar-refractivity contribution in [2.45, 2.75) is 32.2 Å². The second-order valence-corrected chi connectivity index (χ2v) is 5.19. The molecule has 1 aliphatic carbocycles. The van der Waals surface area contributed by atoms with Gasteiger partial charge in [-0.3, -0.25) is 0 Å². The monoisotopic (exact) mass is 265 g/mol. The molecule has 1 heterocycles. The number of halogens is 2. The van der Waals surface area contributed by atoms with E-state index in [-0.39, 0.29) is 17.0 Å². The van der Waals surface area contributed by atoms with Crippen molar-refractivity contribution >= 4 is 11.0 Å². The van der Waals surface area contributed by atoms with Crippen molar-refractivity contribution in [2.75, 3.05) is 6.54 Å². The number of hydrogen-bond donors (Lipinski definition) is 1. The van der Waals surface area contributed by atoms with E-state index in [0.29, 0.717) is 11.7 Å². The Hall–Kier alpha value is -1.42. The largest absolute Gasteiger partial charge is 0.456 e. The molecule has 1 fully saturated rings. The Morgan fingerprint density at radius 3 is 2.68 bits per heavy atom. The summed E-state index contributed by atoms with van der Waals surface area (Å²) in [6, 6.07) is 3.96. The van der Waals surface area contributed by atoms with E-state index in [9.17, 15) is 8.78 Å². The van der Waals surface area contributed by atoms with Gasteiger partial charge in [-0.1, -0.05) is 6.92 Å². The van der Waals surface area contributed by atoms with Crippen molar-refractivity contribution in [3.63, 3.8) is 0 Å². The second-order valence-electron chi connectivity index (χ2n) is 5.19. The van der Waals surface area contributed by atoms with Crippen LogP contribution in [0.5, 0.6) is 0 Å². The summed E-state index contributed by atoms with van der Waals surface area (Å²) in [7, 11) is 0. The summed E-state index contributed by atoms with van der Waals surface area (Å²) < 4.78 is 32.9. The molecule has 19 heavy (non-hydrogen) atoms. The second kappa shape index (κ2) is 4.93. The van der Waals surface area contributed by atoms with Crippen LogP contribution in [0, 0.1) is 17.6 Å². The Bertz CT molecular complexity index is 550. The van der Waals surface area contributed by atoms with E-state index < -0.39 is 11.6 Å². The van der Waals surface area contributed by atoms with E-state index in [1.165, 1.54) is 0 Å². The summed E-state index contributed by atoms with van der Waals surface area (Å²) in [5.74, 6) is 0.234. The molecular weight excluding hydrogens is 248 g/mol. The number of furan rings is 1. The lowest BCUT2D eigenvalue weighted by molar-refractivity contribution is 0.392. The summed E-state index contributed by atoms with van der Waals surface area (Å²) >= 11 is 0. The van der Waals surface area contributed by atoms with Crippen LogP contribution in [0.2, 0.25) is 0 Å². The molecule has 0 aliphatic heterocycles. The molecule has 0 bridgehead atoms. The van der Waals surface area contributed by atoms with Crippen LogP contribution < -0.4 is 5.32 Å². The lowest BCUT2D eigenvalue weighted by Gasteiger charge is -2.14. The van der Waals surface area contributed by atoms with Crippen molar-refractivity contribution < 1.29 is 13.2 Å². The molecule has 4 heteroatoms. The maximum absolute atomic E-state index is 13.7. The van der Waals surface area contributed by atoms with Crippen LogP contribution in [0.1, 0.15) is 38.0 Å². The van der Waals surface area contributed by atoms with Crippen molar-refractivity contribution in [3.05, 3.63) is 35.6 Å². The predicted molar refractivity (Wildman–Crippen MR) is 69.9 cm³/mol. The zero-order chi connectivity index (χ0) is 13.4. The molecular formula is C15H17F2NO. The third-order valence-electron chi connectivity index (χ3n) is 3.62. The van der Waals surface area contributed by atoms with E-state index in [2.05, 4.69) is 12.2 Å². The Labute approximate surface area is 110 Å². The summed E-state index contributed by atoms with van der Waals surface area (Å²) in [4.78, 5) is 0. The molecule has 1 aromatic heterocycles. The standard InChI is InChI=1S/C15H17F2NO/c1-2-7-18-14(9-3-4-9)13-8-10-11(16)5-6-12(17)15(10)19-13/h5-6,8-9,14,18H,2-4,7H2,1H3. The molecule has 1 N–H and O–H groups in total. The van der Waals surface area contributed by atoms with Gasteiger partial charge in [-0.15, -0.1) is 0 Å². The van der Waals surface area contributed by atoms with Crippen molar-refractivity contribution in [2.24, 2.45) is 5.92 Å². The first kappa shape index (κ1) is 12.6. The fourth-order valence-electron chi connectivity index (χ4n) is 2.46. The average molecular weight is 265 g/mol. The predicted octanol–water partition coefficient (Wildman–Crippen LogP) is 4.16. The first-order valence-corrected chi connectivity index (χ1v) is 6.81. The fourth-order valence-corrected chi connectivity index (χ4v) is 2.46. The van der Waals surface area contributed by atoms with Crippen LogP contribution >= 0.6 is 0 Å². The van der Waals surface area contributed by atoms with Gasteiger partial charge in [-0.2, -0.15) is 0 Å². The van der Waals surface area contributed by atoms with Crippen molar-refractivity contribution in [3.8, 4) is 0 Å². The Morgan fingerprint density at radius 2 is 2.05 bits per heavy atom. The highest BCUT2D eigenvalue weighted by molar-refractivity contribution is 5.79. The molecule has 102 valence electrons. The molecule has 1 saturated carbocycles. The maximum atomic E-state index is 13.7. The minimum atomic E-state index is -0.507. The third kappa shape index (κ3) is 2.37. The molecule has 2 nitrogen and oxygen atoms in total. The van der Waals surface area contributed by atoms with Gasteiger partial charge in [0.25, 0.3) is 0 Å². The van der Waals surface area contributed by atoms with E-state index in [1.54, 1.807) is 6.07 Å². The normalized spacial score (nSPS) is 17.0. The maximum Gasteiger partial charge on any atom is 0.172 e. The lowest BCUT2D eigenvalue weighted by atomic mass is 10.1. The van der Waals surface area contributed by atoms with Gasteiger partial charge in [0.05, 0.1) is 11.4 Å². The fraction of sp³-hybridized carbons (Fsp3) is 0.467. The van der Waals surface area contributed by atoms with Gasteiger partial charge in [-0.25, -0.2) is 8.78 Å². The summed E-state index contributed by atoms with van der Waals surface area (Å²) in [5, 5.41) is 3.64. The third-order valence-corrected chi connectivity index (χ3v) is 3.62. The Balaban J connectivity index is 1.99. The van der Waals surface area contributed by atoms with Gasteiger partial charge in [0.1, 0.15) is 11.6 Å². The SMILES string of the molecule is CCCNC(c1cc2c(F)ccc(F)c2o1)C1CC1. The summed E-state index contributed by atoms with van der Waals surface area (Å²) in [6.07, 6.45) is 3.30. The molecule has 0 saturated heterocycles. The number of nitrogens with one attached hydrogen (secondary N) is 1. The summed E-state index contributed by atoms with van der Waals surface area (Å²) in [5.41, 5.74) is 0.0268. The van der Waals surface area contributed by atoms with E-state index in [1.807, 2.05) is 0 Å². The molecule has 1 aliphatic rings. The van der Waals surface area contributed by atoms with Crippen LogP contribution in [0.4, 0.5) is 8.78 Å². The number of benzene rings is 1. The summed E-state index contributed by atoms with van der Waals surface area (Å²) in [6.45, 7) is 2.97. The van der Waals surface area contributed by atoms with E-state index in [0.717, 1.165) is 37.9 Å². The highest BCUT2D eigenvalue weighted by atomic mass is 19.1. The van der Waals surface area contributed by atoms with Gasteiger partial charge in [0.15, 0.2) is 11.4 Å². The van der Waals surface area contributed by atoms with Crippen LogP contribution in [0.25, 0.3) is 11.0 Å². The van der Waals surface area contributed by atoms with E-state index in [4.69, 9.17) is 4.42 Å².